The summed E-state index contributed by atoms with van der Waals surface area (Å²) in [6.07, 6.45) is 4.69. The minimum absolute atomic E-state index is 0.479. The van der Waals surface area contributed by atoms with E-state index in [1.54, 1.807) is 0 Å². The maximum absolute atomic E-state index is 8.67. The summed E-state index contributed by atoms with van der Waals surface area (Å²) in [5.41, 5.74) is 3.59. The molecule has 0 fully saturated rings. The van der Waals surface area contributed by atoms with E-state index in [1.165, 1.54) is 10.9 Å². The number of rotatable bonds is 3. The second kappa shape index (κ2) is 4.18. The zero-order valence-electron chi connectivity index (χ0n) is 8.88. The number of aromatic nitrogens is 1. The molecule has 1 aromatic heterocycles. The lowest BCUT2D eigenvalue weighted by Crippen LogP contribution is -1.83. The van der Waals surface area contributed by atoms with Gasteiger partial charge in [0.05, 0.1) is 12.5 Å². The third kappa shape index (κ3) is 1.87. The van der Waals surface area contributed by atoms with Gasteiger partial charge in [-0.2, -0.15) is 5.26 Å². The number of aryl methyl sites for hydroxylation is 1. The lowest BCUT2D eigenvalue weighted by atomic mass is 10.1. The zero-order valence-corrected chi connectivity index (χ0v) is 8.88. The molecule has 1 heterocycles. The van der Waals surface area contributed by atoms with Crippen molar-refractivity contribution in [2.24, 2.45) is 0 Å². The summed E-state index contributed by atoms with van der Waals surface area (Å²) < 4.78 is 0. The molecule has 2 aromatic rings. The zero-order chi connectivity index (χ0) is 10.7. The van der Waals surface area contributed by atoms with Crippen LogP contribution in [0.25, 0.3) is 10.9 Å². The van der Waals surface area contributed by atoms with Crippen molar-refractivity contribution in [1.29, 1.82) is 5.26 Å². The fourth-order valence-electron chi connectivity index (χ4n) is 1.91. The van der Waals surface area contributed by atoms with Gasteiger partial charge in [0.15, 0.2) is 0 Å². The van der Waals surface area contributed by atoms with Gasteiger partial charge < -0.3 is 4.98 Å². The highest BCUT2D eigenvalue weighted by atomic mass is 14.7. The van der Waals surface area contributed by atoms with Gasteiger partial charge in [-0.25, -0.2) is 0 Å². The molecule has 0 aliphatic heterocycles. The molecule has 0 radical (unpaired) electrons. The Labute approximate surface area is 89.5 Å². The van der Waals surface area contributed by atoms with Crippen LogP contribution in [0, 0.1) is 11.3 Å². The number of hydrogen-bond donors (Lipinski definition) is 1. The van der Waals surface area contributed by atoms with E-state index in [1.807, 2.05) is 6.20 Å². The van der Waals surface area contributed by atoms with Crippen LogP contribution >= 0.6 is 0 Å². The second-order valence-corrected chi connectivity index (χ2v) is 3.78. The van der Waals surface area contributed by atoms with Crippen LogP contribution < -0.4 is 0 Å². The van der Waals surface area contributed by atoms with Gasteiger partial charge in [0, 0.05) is 17.1 Å². The Kier molecular flexibility index (Phi) is 2.73. The summed E-state index contributed by atoms with van der Waals surface area (Å²) in [7, 11) is 0. The number of benzene rings is 1. The molecule has 0 bridgehead atoms. The lowest BCUT2D eigenvalue weighted by Gasteiger charge is -1.99. The normalized spacial score (nSPS) is 10.4. The molecule has 0 saturated carbocycles. The van der Waals surface area contributed by atoms with Crippen LogP contribution in [0.2, 0.25) is 0 Å². The molecule has 2 heteroatoms. The molecule has 0 aliphatic carbocycles. The fourth-order valence-corrected chi connectivity index (χ4v) is 1.91. The Morgan fingerprint density at radius 2 is 2.27 bits per heavy atom. The number of aromatic amines is 1. The monoisotopic (exact) mass is 198 g/mol. The molecular weight excluding hydrogens is 184 g/mol. The molecule has 1 aromatic carbocycles. The van der Waals surface area contributed by atoms with E-state index in [4.69, 9.17) is 5.26 Å². The van der Waals surface area contributed by atoms with Crippen LogP contribution in [-0.2, 0) is 12.8 Å². The molecule has 0 spiro atoms. The van der Waals surface area contributed by atoms with Crippen molar-refractivity contribution in [1.82, 2.24) is 4.98 Å². The number of nitriles is 1. The van der Waals surface area contributed by atoms with E-state index in [0.717, 1.165) is 23.9 Å². The molecule has 0 atom stereocenters. The number of nitrogens with one attached hydrogen (secondary N) is 1. The fraction of sp³-hybridized carbons (Fsp3) is 0.308. The van der Waals surface area contributed by atoms with E-state index in [0.29, 0.717) is 6.42 Å². The summed E-state index contributed by atoms with van der Waals surface area (Å²) in [5, 5.41) is 9.85. The van der Waals surface area contributed by atoms with Gasteiger partial charge in [0.2, 0.25) is 0 Å². The van der Waals surface area contributed by atoms with Crippen LogP contribution in [0.5, 0.6) is 0 Å². The number of H-pyrrole nitrogens is 1. The largest absolute Gasteiger partial charge is 0.361 e. The van der Waals surface area contributed by atoms with E-state index in [9.17, 15) is 0 Å². The van der Waals surface area contributed by atoms with Gasteiger partial charge in [-0.3, -0.25) is 0 Å². The third-order valence-electron chi connectivity index (χ3n) is 2.64. The SMILES string of the molecule is CCCc1ccc2c(CC#N)c[nH]c2c1. The molecule has 0 unspecified atom stereocenters. The van der Waals surface area contributed by atoms with Gasteiger partial charge in [-0.15, -0.1) is 0 Å². The van der Waals surface area contributed by atoms with E-state index in [-0.39, 0.29) is 0 Å². The standard InChI is InChI=1S/C13H14N2/c1-2-3-10-4-5-12-11(6-7-14)9-15-13(12)8-10/h4-5,8-9,15H,2-3,6H2,1H3. The van der Waals surface area contributed by atoms with Crippen LogP contribution in [-0.4, -0.2) is 4.98 Å². The minimum atomic E-state index is 0.479. The third-order valence-corrected chi connectivity index (χ3v) is 2.64. The Morgan fingerprint density at radius 3 is 3.00 bits per heavy atom. The van der Waals surface area contributed by atoms with Crippen molar-refractivity contribution in [2.75, 3.05) is 0 Å². The molecule has 76 valence electrons. The quantitative estimate of drug-likeness (QED) is 0.808. The van der Waals surface area contributed by atoms with Gasteiger partial charge in [-0.1, -0.05) is 25.5 Å². The average Bonchev–Trinajstić information content (AvgIpc) is 2.62. The van der Waals surface area contributed by atoms with Crippen molar-refractivity contribution in [3.63, 3.8) is 0 Å². The summed E-state index contributed by atoms with van der Waals surface area (Å²) in [6.45, 7) is 2.18. The first-order chi connectivity index (χ1) is 7.35. The van der Waals surface area contributed by atoms with Gasteiger partial charge in [0.1, 0.15) is 0 Å². The Hall–Kier alpha value is -1.75. The number of fused-ring (bicyclic) bond motifs is 1. The average molecular weight is 198 g/mol. The lowest BCUT2D eigenvalue weighted by molar-refractivity contribution is 0.923. The van der Waals surface area contributed by atoms with Crippen molar-refractivity contribution in [3.8, 4) is 6.07 Å². The van der Waals surface area contributed by atoms with Gasteiger partial charge >= 0.3 is 0 Å². The van der Waals surface area contributed by atoms with Crippen molar-refractivity contribution < 1.29 is 0 Å². The predicted molar refractivity (Wildman–Crippen MR) is 61.6 cm³/mol. The summed E-state index contributed by atoms with van der Waals surface area (Å²) in [4.78, 5) is 3.22. The van der Waals surface area contributed by atoms with E-state index < -0.39 is 0 Å². The van der Waals surface area contributed by atoms with Gasteiger partial charge in [-0.05, 0) is 23.6 Å². The van der Waals surface area contributed by atoms with Crippen LogP contribution in [0.15, 0.2) is 24.4 Å². The molecule has 15 heavy (non-hydrogen) atoms. The first-order valence-electron chi connectivity index (χ1n) is 5.31. The van der Waals surface area contributed by atoms with E-state index >= 15 is 0 Å². The number of hydrogen-bond acceptors (Lipinski definition) is 1. The highest BCUT2D eigenvalue weighted by Gasteiger charge is 2.03. The molecular formula is C13H14N2. The molecule has 1 N–H and O–H groups in total. The Morgan fingerprint density at radius 1 is 1.40 bits per heavy atom. The first kappa shape index (κ1) is 9.79. The summed E-state index contributed by atoms with van der Waals surface area (Å²) in [5.74, 6) is 0. The number of nitrogens with zero attached hydrogens (tertiary/aromatic N) is 1. The minimum Gasteiger partial charge on any atom is -0.361 e. The highest BCUT2D eigenvalue weighted by molar-refractivity contribution is 5.84. The maximum Gasteiger partial charge on any atom is 0.0670 e. The topological polar surface area (TPSA) is 39.6 Å². The second-order valence-electron chi connectivity index (χ2n) is 3.78. The molecule has 2 nitrogen and oxygen atoms in total. The van der Waals surface area contributed by atoms with Gasteiger partial charge in [0.25, 0.3) is 0 Å². The summed E-state index contributed by atoms with van der Waals surface area (Å²) in [6, 6.07) is 8.63. The van der Waals surface area contributed by atoms with Crippen LogP contribution in [0.4, 0.5) is 0 Å². The summed E-state index contributed by atoms with van der Waals surface area (Å²) >= 11 is 0. The van der Waals surface area contributed by atoms with Crippen molar-refractivity contribution >= 4 is 10.9 Å². The molecule has 2 rings (SSSR count). The van der Waals surface area contributed by atoms with Crippen LogP contribution in [0.3, 0.4) is 0 Å². The Balaban J connectivity index is 2.43. The molecule has 0 amide bonds. The first-order valence-corrected chi connectivity index (χ1v) is 5.31. The highest BCUT2D eigenvalue weighted by Crippen LogP contribution is 2.20. The van der Waals surface area contributed by atoms with Crippen molar-refractivity contribution in [3.05, 3.63) is 35.5 Å². The predicted octanol–water partition coefficient (Wildman–Crippen LogP) is 3.19. The van der Waals surface area contributed by atoms with Crippen molar-refractivity contribution in [2.45, 2.75) is 26.2 Å². The van der Waals surface area contributed by atoms with Crippen LogP contribution in [0.1, 0.15) is 24.5 Å². The maximum atomic E-state index is 8.67. The van der Waals surface area contributed by atoms with E-state index in [2.05, 4.69) is 36.2 Å². The molecule has 0 aliphatic rings. The Bertz CT molecular complexity index is 503. The molecule has 0 saturated heterocycles. The smallest absolute Gasteiger partial charge is 0.0670 e.